The summed E-state index contributed by atoms with van der Waals surface area (Å²) in [5, 5.41) is 0. The van der Waals surface area contributed by atoms with E-state index in [1.54, 1.807) is 12.8 Å². The topological polar surface area (TPSA) is 61.3 Å². The van der Waals surface area contributed by atoms with Gasteiger partial charge in [-0.15, -0.1) is 0 Å². The highest BCUT2D eigenvalue weighted by Gasteiger charge is 2.60. The Bertz CT molecular complexity index is 961. The third-order valence-electron chi connectivity index (χ3n) is 13.3. The van der Waals surface area contributed by atoms with Crippen molar-refractivity contribution in [3.05, 3.63) is 23.8 Å². The van der Waals surface area contributed by atoms with E-state index < -0.39 is 0 Å². The third-order valence-corrected chi connectivity index (χ3v) is 13.3. The van der Waals surface area contributed by atoms with Crippen LogP contribution in [0.25, 0.3) is 0 Å². The lowest BCUT2D eigenvalue weighted by atomic mass is 9.44. The second-order valence-electron chi connectivity index (χ2n) is 15.6. The van der Waals surface area contributed by atoms with E-state index in [9.17, 15) is 0 Å². The number of rotatable bonds is 12. The first-order valence-electron chi connectivity index (χ1n) is 17.4. The van der Waals surface area contributed by atoms with Gasteiger partial charge in [0.2, 0.25) is 0 Å². The molecule has 0 radical (unpaired) electrons. The summed E-state index contributed by atoms with van der Waals surface area (Å²) in [6, 6.07) is 5.88. The fraction of sp³-hybridized carbons (Fsp3) is 0.838. The van der Waals surface area contributed by atoms with Crippen molar-refractivity contribution >= 4 is 11.4 Å². The Hall–Kier alpha value is -1.22. The number of anilines is 2. The van der Waals surface area contributed by atoms with E-state index >= 15 is 0 Å². The predicted molar refractivity (Wildman–Crippen MR) is 171 cm³/mol. The Morgan fingerprint density at radius 1 is 0.850 bits per heavy atom. The second kappa shape index (κ2) is 13.0. The number of nitrogens with two attached hydrogens (primary N) is 2. The third kappa shape index (κ3) is 6.25. The van der Waals surface area contributed by atoms with Gasteiger partial charge in [0, 0.05) is 24.6 Å². The van der Waals surface area contributed by atoms with E-state index in [0.717, 1.165) is 79.4 Å². The maximum absolute atomic E-state index is 6.09. The highest BCUT2D eigenvalue weighted by molar-refractivity contribution is 5.56. The van der Waals surface area contributed by atoms with Gasteiger partial charge >= 0.3 is 0 Å². The van der Waals surface area contributed by atoms with Crippen LogP contribution in [0.5, 0.6) is 0 Å². The summed E-state index contributed by atoms with van der Waals surface area (Å²) < 4.78 is 6.07. The Labute approximate surface area is 247 Å². The normalized spacial score (nSPS) is 36.9. The van der Waals surface area contributed by atoms with E-state index in [1.165, 1.54) is 76.2 Å². The van der Waals surface area contributed by atoms with Gasteiger partial charge < -0.3 is 16.2 Å². The molecule has 40 heavy (non-hydrogen) atoms. The van der Waals surface area contributed by atoms with Crippen LogP contribution in [0.2, 0.25) is 0 Å². The number of ether oxygens (including phenoxy) is 1. The lowest BCUT2D eigenvalue weighted by molar-refractivity contribution is -0.114. The maximum Gasteiger partial charge on any atom is 0.0491 e. The Morgan fingerprint density at radius 2 is 1.68 bits per heavy atom. The highest BCUT2D eigenvalue weighted by Crippen LogP contribution is 2.68. The largest absolute Gasteiger partial charge is 0.399 e. The average molecular weight is 551 g/mol. The highest BCUT2D eigenvalue weighted by atomic mass is 16.5. The molecule has 0 aliphatic heterocycles. The number of aryl methyl sites for hydroxylation is 1. The summed E-state index contributed by atoms with van der Waals surface area (Å²) in [5.74, 6) is 6.63. The van der Waals surface area contributed by atoms with Gasteiger partial charge in [0.1, 0.15) is 0 Å². The second-order valence-corrected chi connectivity index (χ2v) is 15.6. The van der Waals surface area contributed by atoms with Crippen molar-refractivity contribution in [2.75, 3.05) is 24.7 Å². The number of unbranched alkanes of at least 4 members (excludes halogenated alkanes) is 1. The van der Waals surface area contributed by atoms with Crippen LogP contribution >= 0.6 is 0 Å². The smallest absolute Gasteiger partial charge is 0.0491 e. The quantitative estimate of drug-likeness (QED) is 0.201. The predicted octanol–water partition coefficient (Wildman–Crippen LogP) is 9.68. The molecule has 0 saturated heterocycles. The van der Waals surface area contributed by atoms with Crippen molar-refractivity contribution in [3.63, 3.8) is 0 Å². The molecular weight excluding hydrogens is 488 g/mol. The zero-order valence-electron chi connectivity index (χ0n) is 26.6. The minimum atomic E-state index is 0.615. The molecule has 5 rings (SSSR count). The van der Waals surface area contributed by atoms with Crippen molar-refractivity contribution in [1.82, 2.24) is 0 Å². The fourth-order valence-electron chi connectivity index (χ4n) is 11.0. The first-order valence-corrected chi connectivity index (χ1v) is 17.4. The Morgan fingerprint density at radius 3 is 2.50 bits per heavy atom. The molecule has 0 amide bonds. The van der Waals surface area contributed by atoms with E-state index in [-0.39, 0.29) is 0 Å². The van der Waals surface area contributed by atoms with Crippen LogP contribution in [0.15, 0.2) is 18.2 Å². The molecule has 4 N–H and O–H groups in total. The van der Waals surface area contributed by atoms with Gasteiger partial charge in [-0.05, 0) is 147 Å². The number of benzene rings is 1. The lowest BCUT2D eigenvalue weighted by Crippen LogP contribution is -2.53. The summed E-state index contributed by atoms with van der Waals surface area (Å²) >= 11 is 0. The molecule has 226 valence electrons. The molecule has 3 unspecified atom stereocenters. The molecule has 0 heterocycles. The van der Waals surface area contributed by atoms with Crippen molar-refractivity contribution in [2.45, 2.75) is 130 Å². The van der Waals surface area contributed by atoms with Crippen molar-refractivity contribution < 1.29 is 4.74 Å². The summed E-state index contributed by atoms with van der Waals surface area (Å²) in [4.78, 5) is 0. The molecule has 0 bridgehead atoms. The molecule has 4 aliphatic carbocycles. The van der Waals surface area contributed by atoms with Gasteiger partial charge in [-0.1, -0.05) is 59.4 Å². The molecule has 4 fully saturated rings. The van der Waals surface area contributed by atoms with E-state index in [0.29, 0.717) is 16.7 Å². The Kier molecular flexibility index (Phi) is 9.80. The van der Waals surface area contributed by atoms with Crippen LogP contribution in [-0.2, 0) is 11.2 Å². The Balaban J connectivity index is 1.00. The summed E-state index contributed by atoms with van der Waals surface area (Å²) in [5.41, 5.74) is 16.0. The summed E-state index contributed by atoms with van der Waals surface area (Å²) in [6.45, 7) is 12.2. The fourth-order valence-corrected chi connectivity index (χ4v) is 11.0. The van der Waals surface area contributed by atoms with Crippen LogP contribution in [0.1, 0.15) is 130 Å². The number of hydrogen-bond donors (Lipinski definition) is 2. The van der Waals surface area contributed by atoms with Gasteiger partial charge in [0.25, 0.3) is 0 Å². The summed E-state index contributed by atoms with van der Waals surface area (Å²) in [7, 11) is 0. The molecule has 0 spiro atoms. The molecule has 0 aromatic heterocycles. The van der Waals surface area contributed by atoms with Gasteiger partial charge in [0.15, 0.2) is 0 Å². The molecule has 1 aromatic carbocycles. The number of nitrogen functional groups attached to an aromatic ring is 2. The number of fused-ring (bicyclic) bond motifs is 5. The monoisotopic (exact) mass is 550 g/mol. The van der Waals surface area contributed by atoms with Gasteiger partial charge in [-0.3, -0.25) is 0 Å². The summed E-state index contributed by atoms with van der Waals surface area (Å²) in [6.07, 6.45) is 22.6. The molecule has 9 atom stereocenters. The van der Waals surface area contributed by atoms with Crippen LogP contribution < -0.4 is 11.5 Å². The van der Waals surface area contributed by atoms with Crippen LogP contribution in [-0.4, -0.2) is 13.2 Å². The minimum Gasteiger partial charge on any atom is -0.399 e. The molecule has 1 aromatic rings. The van der Waals surface area contributed by atoms with E-state index in [2.05, 4.69) is 33.8 Å². The molecule has 4 saturated carbocycles. The zero-order chi connectivity index (χ0) is 28.3. The minimum absolute atomic E-state index is 0.615. The zero-order valence-corrected chi connectivity index (χ0v) is 26.6. The van der Waals surface area contributed by atoms with Crippen LogP contribution in [0, 0.1) is 52.3 Å². The number of hydrogen-bond acceptors (Lipinski definition) is 3. The standard InChI is InChI=1S/C37H62N2O/c1-26(25-40-23-8-6-12-28-14-16-30(38)24-35(28)39)10-9-11-27(2)32-18-19-33-31-17-15-29-13-5-7-21-36(29,3)34(31)20-22-37(32,33)4/h14,16,24,26-27,29,31-34H,5-13,15,17-23,25,38-39H2,1-4H3/t26?,27?,29?,31-,32+,33-,34-,36-,37+/m0/s1. The van der Waals surface area contributed by atoms with Crippen molar-refractivity contribution in [1.29, 1.82) is 0 Å². The molecule has 3 nitrogen and oxygen atoms in total. The molecular formula is C37H62N2O. The van der Waals surface area contributed by atoms with E-state index in [1.807, 2.05) is 12.1 Å². The first-order chi connectivity index (χ1) is 19.2. The SMILES string of the molecule is CC(CCCC(C)[C@H]1CC[C@H]2[C@@H]3CCC4CCCC[C@]4(C)[C@H]3CC[C@]12C)COCCCCc1ccc(N)cc1N. The van der Waals surface area contributed by atoms with Gasteiger partial charge in [-0.2, -0.15) is 0 Å². The van der Waals surface area contributed by atoms with E-state index in [4.69, 9.17) is 16.2 Å². The van der Waals surface area contributed by atoms with Crippen molar-refractivity contribution in [2.24, 2.45) is 52.3 Å². The van der Waals surface area contributed by atoms with Crippen LogP contribution in [0.3, 0.4) is 0 Å². The lowest BCUT2D eigenvalue weighted by Gasteiger charge is -2.61. The molecule has 4 aliphatic rings. The average Bonchev–Trinajstić information content (AvgIpc) is 3.28. The van der Waals surface area contributed by atoms with Crippen molar-refractivity contribution in [3.8, 4) is 0 Å². The maximum atomic E-state index is 6.09. The first kappa shape index (κ1) is 30.2. The molecule has 3 heteroatoms. The van der Waals surface area contributed by atoms with Crippen LogP contribution in [0.4, 0.5) is 11.4 Å². The van der Waals surface area contributed by atoms with Gasteiger partial charge in [-0.25, -0.2) is 0 Å². The van der Waals surface area contributed by atoms with Gasteiger partial charge in [0.05, 0.1) is 0 Å².